The Balaban J connectivity index is 1.02. The molecule has 0 radical (unpaired) electrons. The maximum atomic E-state index is 12.5. The fourth-order valence-electron chi connectivity index (χ4n) is 5.57. The quantitative estimate of drug-likeness (QED) is 0.597. The van der Waals surface area contributed by atoms with E-state index in [-0.39, 0.29) is 5.91 Å². The minimum Gasteiger partial charge on any atom is -0.454 e. The average molecular weight is 469 g/mol. The van der Waals surface area contributed by atoms with Crippen LogP contribution in [0.5, 0.6) is 11.5 Å². The van der Waals surface area contributed by atoms with Crippen LogP contribution in [-0.2, 0) is 0 Å². The van der Waals surface area contributed by atoms with Crippen LogP contribution in [0.1, 0.15) is 66.8 Å². The van der Waals surface area contributed by atoms with E-state index in [4.69, 9.17) is 21.1 Å². The second-order valence-corrected chi connectivity index (χ2v) is 10.1. The van der Waals surface area contributed by atoms with Gasteiger partial charge in [-0.2, -0.15) is 0 Å². The Kier molecular flexibility index (Phi) is 7.07. The van der Waals surface area contributed by atoms with Gasteiger partial charge in [0.05, 0.1) is 0 Å². The van der Waals surface area contributed by atoms with Crippen LogP contribution >= 0.6 is 11.6 Å². The van der Waals surface area contributed by atoms with Gasteiger partial charge in [0, 0.05) is 22.2 Å². The van der Waals surface area contributed by atoms with Gasteiger partial charge in [0.1, 0.15) is 0 Å². The first kappa shape index (κ1) is 22.5. The molecule has 0 spiro atoms. The Labute approximate surface area is 201 Å². The molecule has 6 heteroatoms. The summed E-state index contributed by atoms with van der Waals surface area (Å²) in [5.41, 5.74) is 2.01. The molecule has 2 aromatic rings. The fraction of sp³-hybridized carbons (Fsp3) is 0.519. The van der Waals surface area contributed by atoms with Gasteiger partial charge in [-0.1, -0.05) is 23.7 Å². The third-order valence-corrected chi connectivity index (χ3v) is 7.85. The molecule has 1 saturated heterocycles. The van der Waals surface area contributed by atoms with Crippen LogP contribution in [0.25, 0.3) is 0 Å². The van der Waals surface area contributed by atoms with Crippen molar-refractivity contribution in [1.82, 2.24) is 10.2 Å². The first-order valence-electron chi connectivity index (χ1n) is 12.3. The molecule has 2 aromatic carbocycles. The summed E-state index contributed by atoms with van der Waals surface area (Å²) in [5.74, 6) is 3.22. The van der Waals surface area contributed by atoms with Crippen LogP contribution in [0.15, 0.2) is 42.5 Å². The number of benzene rings is 2. The Morgan fingerprint density at radius 2 is 1.73 bits per heavy atom. The van der Waals surface area contributed by atoms with Crippen LogP contribution < -0.4 is 14.8 Å². The molecule has 2 aliphatic heterocycles. The fourth-order valence-corrected chi connectivity index (χ4v) is 5.70. The van der Waals surface area contributed by atoms with Gasteiger partial charge in [-0.15, -0.1) is 0 Å². The SMILES string of the molecule is O=C(N[C@H]1CC[C@H](CCN2CCC(c3cccc4c3OCO4)CC2)CC1)c1ccc(Cl)cc1. The number of amides is 1. The number of likely N-dealkylation sites (tertiary alicyclic amines) is 1. The van der Waals surface area contributed by atoms with Crippen molar-refractivity contribution in [1.29, 1.82) is 0 Å². The molecule has 1 amide bonds. The van der Waals surface area contributed by atoms with Crippen molar-refractivity contribution in [2.75, 3.05) is 26.4 Å². The second-order valence-electron chi connectivity index (χ2n) is 9.68. The minimum absolute atomic E-state index is 0.0130. The summed E-state index contributed by atoms with van der Waals surface area (Å²) >= 11 is 5.92. The van der Waals surface area contributed by atoms with Crippen molar-refractivity contribution >= 4 is 17.5 Å². The highest BCUT2D eigenvalue weighted by Crippen LogP contribution is 2.42. The summed E-state index contributed by atoms with van der Waals surface area (Å²) in [7, 11) is 0. The summed E-state index contributed by atoms with van der Waals surface area (Å²) in [6.07, 6.45) is 8.19. The number of carbonyl (C=O) groups excluding carboxylic acids is 1. The predicted octanol–water partition coefficient (Wildman–Crippen LogP) is 5.63. The summed E-state index contributed by atoms with van der Waals surface area (Å²) in [4.78, 5) is 15.1. The van der Waals surface area contributed by atoms with Crippen LogP contribution in [0.4, 0.5) is 0 Å². The van der Waals surface area contributed by atoms with Crippen LogP contribution in [0.2, 0.25) is 5.02 Å². The third-order valence-electron chi connectivity index (χ3n) is 7.60. The van der Waals surface area contributed by atoms with Crippen LogP contribution in [0.3, 0.4) is 0 Å². The number of rotatable bonds is 6. The molecular weight excluding hydrogens is 436 g/mol. The monoisotopic (exact) mass is 468 g/mol. The zero-order chi connectivity index (χ0) is 22.6. The molecule has 0 aromatic heterocycles. The van der Waals surface area contributed by atoms with E-state index in [1.54, 1.807) is 24.3 Å². The number of hydrogen-bond donors (Lipinski definition) is 1. The van der Waals surface area contributed by atoms with Gasteiger partial charge in [-0.25, -0.2) is 0 Å². The van der Waals surface area contributed by atoms with E-state index in [9.17, 15) is 4.79 Å². The van der Waals surface area contributed by atoms with Crippen molar-refractivity contribution < 1.29 is 14.3 Å². The number of para-hydroxylation sites is 1. The molecule has 0 bridgehead atoms. The van der Waals surface area contributed by atoms with Gasteiger partial charge in [0.25, 0.3) is 5.91 Å². The summed E-state index contributed by atoms with van der Waals surface area (Å²) < 4.78 is 11.3. The molecule has 176 valence electrons. The lowest BCUT2D eigenvalue weighted by Gasteiger charge is -2.34. The van der Waals surface area contributed by atoms with Crippen LogP contribution in [0, 0.1) is 5.92 Å². The molecule has 0 atom stereocenters. The molecule has 2 heterocycles. The number of ether oxygens (including phenoxy) is 2. The smallest absolute Gasteiger partial charge is 0.251 e. The number of fused-ring (bicyclic) bond motifs is 1. The zero-order valence-corrected chi connectivity index (χ0v) is 19.9. The first-order chi connectivity index (χ1) is 16.2. The van der Waals surface area contributed by atoms with E-state index in [2.05, 4.69) is 22.3 Å². The molecule has 3 aliphatic rings. The van der Waals surface area contributed by atoms with Gasteiger partial charge in [0.2, 0.25) is 6.79 Å². The highest BCUT2D eigenvalue weighted by molar-refractivity contribution is 6.30. The van der Waals surface area contributed by atoms with Crippen LogP contribution in [-0.4, -0.2) is 43.3 Å². The number of nitrogens with zero attached hydrogens (tertiary/aromatic N) is 1. The highest BCUT2D eigenvalue weighted by atomic mass is 35.5. The van der Waals surface area contributed by atoms with E-state index in [1.807, 2.05) is 6.07 Å². The normalized spacial score (nSPS) is 23.4. The standard InChI is InChI=1S/C27H33ClN2O3/c28-22-8-6-21(7-9-22)27(31)29-23-10-4-19(5-11-23)12-15-30-16-13-20(14-17-30)24-2-1-3-25-26(24)33-18-32-25/h1-3,6-9,19-20,23H,4-5,10-18H2,(H,29,31)/t19-,23-. The van der Waals surface area contributed by atoms with Gasteiger partial charge in [-0.05, 0) is 107 Å². The molecule has 1 aliphatic carbocycles. The zero-order valence-electron chi connectivity index (χ0n) is 19.1. The lowest BCUT2D eigenvalue weighted by molar-refractivity contribution is 0.0919. The molecule has 5 rings (SSSR count). The second kappa shape index (κ2) is 10.4. The maximum Gasteiger partial charge on any atom is 0.251 e. The predicted molar refractivity (Wildman–Crippen MR) is 130 cm³/mol. The van der Waals surface area contributed by atoms with E-state index in [0.717, 1.165) is 43.3 Å². The lowest BCUT2D eigenvalue weighted by atomic mass is 9.83. The summed E-state index contributed by atoms with van der Waals surface area (Å²) in [6.45, 7) is 3.84. The molecule has 1 saturated carbocycles. The van der Waals surface area contributed by atoms with Gasteiger partial charge in [-0.3, -0.25) is 4.79 Å². The maximum absolute atomic E-state index is 12.5. The van der Waals surface area contributed by atoms with Crippen molar-refractivity contribution in [2.24, 2.45) is 5.92 Å². The van der Waals surface area contributed by atoms with Gasteiger partial charge >= 0.3 is 0 Å². The molecule has 33 heavy (non-hydrogen) atoms. The lowest BCUT2D eigenvalue weighted by Crippen LogP contribution is -2.38. The van der Waals surface area contributed by atoms with E-state index in [0.29, 0.717) is 29.3 Å². The Morgan fingerprint density at radius 1 is 0.970 bits per heavy atom. The van der Waals surface area contributed by atoms with Crippen molar-refractivity contribution in [3.8, 4) is 11.5 Å². The average Bonchev–Trinajstić information content (AvgIpc) is 3.34. The minimum atomic E-state index is 0.0130. The number of hydrogen-bond acceptors (Lipinski definition) is 4. The van der Waals surface area contributed by atoms with E-state index < -0.39 is 0 Å². The molecule has 5 nitrogen and oxygen atoms in total. The van der Waals surface area contributed by atoms with Crippen molar-refractivity contribution in [3.05, 3.63) is 58.6 Å². The molecular formula is C27H33ClN2O3. The molecule has 2 fully saturated rings. The molecule has 0 unspecified atom stereocenters. The number of nitrogens with one attached hydrogen (secondary N) is 1. The van der Waals surface area contributed by atoms with Gasteiger partial charge < -0.3 is 19.7 Å². The van der Waals surface area contributed by atoms with E-state index in [1.165, 1.54) is 44.2 Å². The largest absolute Gasteiger partial charge is 0.454 e. The number of carbonyl (C=O) groups is 1. The number of halogens is 1. The number of piperidine rings is 1. The summed E-state index contributed by atoms with van der Waals surface area (Å²) in [5, 5.41) is 3.86. The third kappa shape index (κ3) is 5.47. The highest BCUT2D eigenvalue weighted by Gasteiger charge is 2.28. The van der Waals surface area contributed by atoms with Gasteiger partial charge in [0.15, 0.2) is 11.5 Å². The first-order valence-corrected chi connectivity index (χ1v) is 12.7. The van der Waals surface area contributed by atoms with Crippen molar-refractivity contribution in [2.45, 2.75) is 56.9 Å². The Hall–Kier alpha value is -2.24. The topological polar surface area (TPSA) is 50.8 Å². The Bertz CT molecular complexity index is 948. The molecule has 1 N–H and O–H groups in total. The van der Waals surface area contributed by atoms with Crippen molar-refractivity contribution in [3.63, 3.8) is 0 Å². The Morgan fingerprint density at radius 3 is 2.48 bits per heavy atom. The van der Waals surface area contributed by atoms with E-state index >= 15 is 0 Å². The summed E-state index contributed by atoms with van der Waals surface area (Å²) in [6, 6.07) is 13.7.